The number of para-hydroxylation sites is 1. The highest BCUT2D eigenvalue weighted by Crippen LogP contribution is 2.39. The average Bonchev–Trinajstić information content (AvgIpc) is 3.47. The average molecular weight is 606 g/mol. The van der Waals surface area contributed by atoms with Gasteiger partial charge < -0.3 is 14.2 Å². The van der Waals surface area contributed by atoms with Crippen molar-refractivity contribution < 1.29 is 13.9 Å². The second kappa shape index (κ2) is 13.1. The number of imidazole rings is 1. The lowest BCUT2D eigenvalue weighted by Crippen LogP contribution is -2.50. The van der Waals surface area contributed by atoms with Gasteiger partial charge in [0.1, 0.15) is 24.2 Å². The maximum Gasteiger partial charge on any atom is 0.241 e. The van der Waals surface area contributed by atoms with E-state index < -0.39 is 5.82 Å². The van der Waals surface area contributed by atoms with Crippen LogP contribution in [0, 0.1) is 17.1 Å². The van der Waals surface area contributed by atoms with E-state index in [0.29, 0.717) is 37.8 Å². The molecule has 0 aliphatic carbocycles. The van der Waals surface area contributed by atoms with Crippen LogP contribution in [0.5, 0.6) is 5.75 Å². The molecular weight excluding hydrogens is 577 g/mol. The van der Waals surface area contributed by atoms with Crippen LogP contribution in [0.3, 0.4) is 0 Å². The number of benzene rings is 4. The van der Waals surface area contributed by atoms with E-state index in [1.807, 2.05) is 83.4 Å². The van der Waals surface area contributed by atoms with Crippen LogP contribution in [0.15, 0.2) is 104 Å². The molecule has 0 atom stereocenters. The molecule has 9 heteroatoms. The smallest absolute Gasteiger partial charge is 0.241 e. The Labute approximate surface area is 260 Å². The van der Waals surface area contributed by atoms with Crippen molar-refractivity contribution in [1.29, 1.82) is 5.26 Å². The van der Waals surface area contributed by atoms with E-state index in [1.54, 1.807) is 23.5 Å². The molecule has 1 saturated heterocycles. The fourth-order valence-electron chi connectivity index (χ4n) is 5.41. The summed E-state index contributed by atoms with van der Waals surface area (Å²) in [5.41, 5.74) is 5.20. The van der Waals surface area contributed by atoms with Crippen LogP contribution in [-0.4, -0.2) is 40.0 Å². The fourth-order valence-corrected chi connectivity index (χ4v) is 5.58. The first kappa shape index (κ1) is 29.1. The number of piperazine rings is 1. The fraction of sp³-hybridized carbons (Fsp3) is 0.171. The number of halogens is 2. The standard InChI is InChI=1S/C35H29ClFN5O2/c36-28-12-13-30(31-8-4-5-9-34(31)44-23-25-6-2-1-3-7-25)33(17-28)42-15-14-40(22-35(42)43)21-29-19-39-24-41(29)20-26-10-11-27(18-38)32(37)16-26/h1-13,16-17,19,24H,14-15,20-23H2. The molecule has 1 aliphatic rings. The van der Waals surface area contributed by atoms with Crippen LogP contribution in [0.2, 0.25) is 5.02 Å². The molecule has 5 aromatic rings. The molecule has 0 N–H and O–H groups in total. The second-order valence-corrected chi connectivity index (χ2v) is 11.1. The number of nitriles is 1. The number of hydrogen-bond acceptors (Lipinski definition) is 5. The van der Waals surface area contributed by atoms with Crippen LogP contribution in [0.1, 0.15) is 22.4 Å². The van der Waals surface area contributed by atoms with E-state index in [1.165, 1.54) is 12.1 Å². The molecule has 1 fully saturated rings. The van der Waals surface area contributed by atoms with Crippen molar-refractivity contribution in [2.45, 2.75) is 19.7 Å². The van der Waals surface area contributed by atoms with Gasteiger partial charge in [0.25, 0.3) is 0 Å². The van der Waals surface area contributed by atoms with E-state index in [0.717, 1.165) is 39.4 Å². The lowest BCUT2D eigenvalue weighted by Gasteiger charge is -2.35. The minimum Gasteiger partial charge on any atom is -0.488 e. The van der Waals surface area contributed by atoms with E-state index in [-0.39, 0.29) is 18.0 Å². The number of aromatic nitrogens is 2. The number of anilines is 1. The van der Waals surface area contributed by atoms with Gasteiger partial charge in [-0.2, -0.15) is 5.26 Å². The molecule has 4 aromatic carbocycles. The lowest BCUT2D eigenvalue weighted by molar-refractivity contribution is -0.121. The lowest BCUT2D eigenvalue weighted by atomic mass is 10.0. The zero-order valence-corrected chi connectivity index (χ0v) is 24.6. The Morgan fingerprint density at radius 2 is 1.73 bits per heavy atom. The summed E-state index contributed by atoms with van der Waals surface area (Å²) >= 11 is 6.46. The molecule has 6 rings (SSSR count). The van der Waals surface area contributed by atoms with Crippen molar-refractivity contribution in [1.82, 2.24) is 14.5 Å². The highest BCUT2D eigenvalue weighted by Gasteiger charge is 2.28. The molecule has 0 bridgehead atoms. The number of amides is 1. The topological polar surface area (TPSA) is 74.4 Å². The predicted octanol–water partition coefficient (Wildman–Crippen LogP) is 6.69. The van der Waals surface area contributed by atoms with Crippen molar-refractivity contribution in [3.63, 3.8) is 0 Å². The summed E-state index contributed by atoms with van der Waals surface area (Å²) in [6.07, 6.45) is 3.46. The Balaban J connectivity index is 1.17. The first-order valence-corrected chi connectivity index (χ1v) is 14.6. The molecule has 1 aromatic heterocycles. The van der Waals surface area contributed by atoms with Crippen LogP contribution in [-0.2, 0) is 24.5 Å². The van der Waals surface area contributed by atoms with Crippen molar-refractivity contribution in [2.75, 3.05) is 24.5 Å². The summed E-state index contributed by atoms with van der Waals surface area (Å²) in [5, 5.41) is 9.56. The highest BCUT2D eigenvalue weighted by molar-refractivity contribution is 6.31. The molecule has 2 heterocycles. The van der Waals surface area contributed by atoms with Crippen LogP contribution in [0.25, 0.3) is 11.1 Å². The number of carbonyl (C=O) groups excluding carboxylic acids is 1. The van der Waals surface area contributed by atoms with Crippen molar-refractivity contribution >= 4 is 23.2 Å². The minimum absolute atomic E-state index is 0.0158. The van der Waals surface area contributed by atoms with Gasteiger partial charge in [-0.1, -0.05) is 72.3 Å². The number of hydrogen-bond donors (Lipinski definition) is 0. The van der Waals surface area contributed by atoms with Gasteiger partial charge in [0.2, 0.25) is 5.91 Å². The molecule has 44 heavy (non-hydrogen) atoms. The van der Waals surface area contributed by atoms with Gasteiger partial charge in [-0.25, -0.2) is 9.37 Å². The summed E-state index contributed by atoms with van der Waals surface area (Å²) < 4.78 is 22.3. The van der Waals surface area contributed by atoms with E-state index in [4.69, 9.17) is 21.6 Å². The molecular formula is C35H29ClFN5O2. The third kappa shape index (κ3) is 6.50. The monoisotopic (exact) mass is 605 g/mol. The number of nitrogens with zero attached hydrogens (tertiary/aromatic N) is 5. The van der Waals surface area contributed by atoms with Gasteiger partial charge in [0.15, 0.2) is 0 Å². The van der Waals surface area contributed by atoms with Crippen molar-refractivity contribution in [3.8, 4) is 22.9 Å². The molecule has 1 aliphatic heterocycles. The van der Waals surface area contributed by atoms with Gasteiger partial charge >= 0.3 is 0 Å². The summed E-state index contributed by atoms with van der Waals surface area (Å²) in [6.45, 7) is 2.68. The maximum absolute atomic E-state index is 14.2. The SMILES string of the molecule is N#Cc1ccc(Cn2cncc2CN2CCN(c3cc(Cl)ccc3-c3ccccc3OCc3ccccc3)C(=O)C2)cc1F. The zero-order chi connectivity index (χ0) is 30.5. The van der Waals surface area contributed by atoms with Crippen molar-refractivity contribution in [2.24, 2.45) is 0 Å². The minimum atomic E-state index is -0.542. The number of rotatable bonds is 9. The highest BCUT2D eigenvalue weighted by atomic mass is 35.5. The quantitative estimate of drug-likeness (QED) is 0.187. The third-order valence-corrected chi connectivity index (χ3v) is 7.89. The Kier molecular flexibility index (Phi) is 8.69. The van der Waals surface area contributed by atoms with Crippen molar-refractivity contribution in [3.05, 3.63) is 137 Å². The van der Waals surface area contributed by atoms with E-state index >= 15 is 0 Å². The molecule has 0 spiro atoms. The van der Waals surface area contributed by atoms with Crippen LogP contribution in [0.4, 0.5) is 10.1 Å². The van der Waals surface area contributed by atoms with Gasteiger partial charge in [-0.15, -0.1) is 0 Å². The number of carbonyl (C=O) groups is 1. The largest absolute Gasteiger partial charge is 0.488 e. The second-order valence-electron chi connectivity index (χ2n) is 10.6. The number of ether oxygens (including phenoxy) is 1. The molecule has 1 amide bonds. The third-order valence-electron chi connectivity index (χ3n) is 7.66. The maximum atomic E-state index is 14.2. The Bertz CT molecular complexity index is 1830. The molecule has 220 valence electrons. The Morgan fingerprint density at radius 1 is 0.909 bits per heavy atom. The summed E-state index contributed by atoms with van der Waals surface area (Å²) in [5.74, 6) is 0.142. The van der Waals surface area contributed by atoms with Gasteiger partial charge in [-0.05, 0) is 41.5 Å². The van der Waals surface area contributed by atoms with Gasteiger partial charge in [0, 0.05) is 48.5 Å². The van der Waals surface area contributed by atoms with Crippen LogP contribution < -0.4 is 9.64 Å². The van der Waals surface area contributed by atoms with Gasteiger partial charge in [0.05, 0.1) is 29.8 Å². The van der Waals surface area contributed by atoms with E-state index in [2.05, 4.69) is 9.88 Å². The first-order valence-electron chi connectivity index (χ1n) is 14.2. The molecule has 7 nitrogen and oxygen atoms in total. The van der Waals surface area contributed by atoms with Gasteiger partial charge in [-0.3, -0.25) is 9.69 Å². The molecule has 0 saturated carbocycles. The van der Waals surface area contributed by atoms with E-state index in [9.17, 15) is 9.18 Å². The first-order chi connectivity index (χ1) is 21.5. The summed E-state index contributed by atoms with van der Waals surface area (Å²) in [4.78, 5) is 21.8. The normalized spacial score (nSPS) is 13.6. The zero-order valence-electron chi connectivity index (χ0n) is 23.9. The Morgan fingerprint density at radius 3 is 2.52 bits per heavy atom. The summed E-state index contributed by atoms with van der Waals surface area (Å²) in [7, 11) is 0. The molecule has 0 unspecified atom stereocenters. The van der Waals surface area contributed by atoms with Crippen LogP contribution >= 0.6 is 11.6 Å². The molecule has 0 radical (unpaired) electrons. The predicted molar refractivity (Wildman–Crippen MR) is 168 cm³/mol. The Hall–Kier alpha value is -4.97. The summed E-state index contributed by atoms with van der Waals surface area (Å²) in [6, 6.07) is 29.9.